The highest BCUT2D eigenvalue weighted by atomic mass is 79.9. The molecule has 0 aromatic rings. The van der Waals surface area contributed by atoms with Gasteiger partial charge in [0.1, 0.15) is 0 Å². The highest BCUT2D eigenvalue weighted by molar-refractivity contribution is 9.09. The Kier molecular flexibility index (Phi) is 8.75. The number of rotatable bonds is 7. The van der Waals surface area contributed by atoms with Gasteiger partial charge in [0.05, 0.1) is 6.67 Å². The molecule has 0 bridgehead atoms. The summed E-state index contributed by atoms with van der Waals surface area (Å²) in [5.74, 6) is 0. The van der Waals surface area contributed by atoms with Gasteiger partial charge in [-0.15, -0.1) is 0 Å². The van der Waals surface area contributed by atoms with Gasteiger partial charge in [0.2, 0.25) is 0 Å². The number of hydrogen-bond acceptors (Lipinski definition) is 1. The first kappa shape index (κ1) is 11.4. The Balaban J connectivity index is 3.25. The summed E-state index contributed by atoms with van der Waals surface area (Å²) in [5.41, 5.74) is 0. The van der Waals surface area contributed by atoms with Gasteiger partial charge in [0.15, 0.2) is 0 Å². The third-order valence-corrected chi connectivity index (χ3v) is 2.22. The lowest BCUT2D eigenvalue weighted by molar-refractivity contribution is 0.272. The monoisotopic (exact) mass is 225 g/mol. The minimum atomic E-state index is -0.190. The molecule has 0 N–H and O–H groups in total. The standard InChI is InChI=1S/C8H17BrFN/c1-2-11(7-3-5-9)8-4-6-10/h2-8H2,1H3. The van der Waals surface area contributed by atoms with E-state index in [1.807, 2.05) is 0 Å². The van der Waals surface area contributed by atoms with E-state index in [1.165, 1.54) is 0 Å². The van der Waals surface area contributed by atoms with Crippen LogP contribution in [0.2, 0.25) is 0 Å². The van der Waals surface area contributed by atoms with Crippen LogP contribution in [0.3, 0.4) is 0 Å². The quantitative estimate of drug-likeness (QED) is 0.602. The summed E-state index contributed by atoms with van der Waals surface area (Å²) in [6.07, 6.45) is 1.83. The van der Waals surface area contributed by atoms with Crippen molar-refractivity contribution in [1.29, 1.82) is 0 Å². The van der Waals surface area contributed by atoms with Gasteiger partial charge in [-0.2, -0.15) is 0 Å². The second-order valence-electron chi connectivity index (χ2n) is 2.52. The van der Waals surface area contributed by atoms with Gasteiger partial charge in [0, 0.05) is 11.9 Å². The lowest BCUT2D eigenvalue weighted by Gasteiger charge is -2.18. The van der Waals surface area contributed by atoms with E-state index in [9.17, 15) is 4.39 Å². The molecule has 0 fully saturated rings. The van der Waals surface area contributed by atoms with Crippen LogP contribution in [0.15, 0.2) is 0 Å². The average molecular weight is 226 g/mol. The fourth-order valence-corrected chi connectivity index (χ4v) is 1.25. The van der Waals surface area contributed by atoms with Crippen molar-refractivity contribution >= 4 is 15.9 Å². The normalized spacial score (nSPS) is 10.9. The molecule has 0 aliphatic heterocycles. The highest BCUT2D eigenvalue weighted by Crippen LogP contribution is 1.96. The van der Waals surface area contributed by atoms with E-state index >= 15 is 0 Å². The molecule has 0 saturated carbocycles. The van der Waals surface area contributed by atoms with Gasteiger partial charge in [-0.3, -0.25) is 4.39 Å². The Bertz CT molecular complexity index is 72.5. The second kappa shape index (κ2) is 8.47. The van der Waals surface area contributed by atoms with Crippen LogP contribution in [0.4, 0.5) is 4.39 Å². The second-order valence-corrected chi connectivity index (χ2v) is 3.31. The molecule has 0 spiro atoms. The van der Waals surface area contributed by atoms with Crippen molar-refractivity contribution in [2.24, 2.45) is 0 Å². The predicted molar refractivity (Wildman–Crippen MR) is 51.1 cm³/mol. The van der Waals surface area contributed by atoms with Crippen molar-refractivity contribution in [3.63, 3.8) is 0 Å². The molecule has 0 aromatic carbocycles. The molecule has 0 unspecified atom stereocenters. The number of alkyl halides is 2. The van der Waals surface area contributed by atoms with Gasteiger partial charge >= 0.3 is 0 Å². The molecule has 0 heterocycles. The molecule has 0 aliphatic carbocycles. The van der Waals surface area contributed by atoms with E-state index in [4.69, 9.17) is 0 Å². The average Bonchev–Trinajstić information content (AvgIpc) is 2.05. The topological polar surface area (TPSA) is 3.24 Å². The summed E-state index contributed by atoms with van der Waals surface area (Å²) < 4.78 is 11.8. The Morgan fingerprint density at radius 2 is 1.91 bits per heavy atom. The van der Waals surface area contributed by atoms with Crippen molar-refractivity contribution in [3.05, 3.63) is 0 Å². The first-order valence-electron chi connectivity index (χ1n) is 4.19. The summed E-state index contributed by atoms with van der Waals surface area (Å²) in [7, 11) is 0. The zero-order valence-corrected chi connectivity index (χ0v) is 8.74. The largest absolute Gasteiger partial charge is 0.303 e. The van der Waals surface area contributed by atoms with Gasteiger partial charge in [-0.05, 0) is 25.9 Å². The molecule has 0 atom stereocenters. The summed E-state index contributed by atoms with van der Waals surface area (Å²) in [4.78, 5) is 2.28. The fourth-order valence-electron chi connectivity index (χ4n) is 0.995. The van der Waals surface area contributed by atoms with Crippen molar-refractivity contribution in [2.45, 2.75) is 19.8 Å². The summed E-state index contributed by atoms with van der Waals surface area (Å²) in [6.45, 7) is 4.95. The van der Waals surface area contributed by atoms with Gasteiger partial charge < -0.3 is 4.90 Å². The third-order valence-electron chi connectivity index (χ3n) is 1.66. The Labute approximate surface area is 77.1 Å². The number of hydrogen-bond donors (Lipinski definition) is 0. The van der Waals surface area contributed by atoms with Crippen LogP contribution in [0.25, 0.3) is 0 Å². The molecule has 0 aliphatic rings. The van der Waals surface area contributed by atoms with Crippen molar-refractivity contribution in [1.82, 2.24) is 4.90 Å². The Morgan fingerprint density at radius 1 is 1.27 bits per heavy atom. The summed E-state index contributed by atoms with van der Waals surface area (Å²) in [6, 6.07) is 0. The molecule has 0 aromatic heterocycles. The molecular formula is C8H17BrFN. The lowest BCUT2D eigenvalue weighted by atomic mass is 10.3. The van der Waals surface area contributed by atoms with Crippen LogP contribution in [0.5, 0.6) is 0 Å². The third kappa shape index (κ3) is 6.76. The molecule has 0 rings (SSSR count). The van der Waals surface area contributed by atoms with Crippen molar-refractivity contribution in [2.75, 3.05) is 31.6 Å². The summed E-state index contributed by atoms with van der Waals surface area (Å²) >= 11 is 3.37. The fraction of sp³-hybridized carbons (Fsp3) is 1.00. The molecule has 0 amide bonds. The maximum atomic E-state index is 11.8. The Hall–Kier alpha value is 0.370. The van der Waals surface area contributed by atoms with E-state index in [0.29, 0.717) is 6.42 Å². The maximum Gasteiger partial charge on any atom is 0.0906 e. The van der Waals surface area contributed by atoms with Crippen LogP contribution < -0.4 is 0 Å². The molecule has 0 radical (unpaired) electrons. The van der Waals surface area contributed by atoms with Gasteiger partial charge in [0.25, 0.3) is 0 Å². The minimum Gasteiger partial charge on any atom is -0.303 e. The number of nitrogens with zero attached hydrogens (tertiary/aromatic N) is 1. The number of halogens is 2. The highest BCUT2D eigenvalue weighted by Gasteiger charge is 1.99. The zero-order chi connectivity index (χ0) is 8.53. The first-order valence-corrected chi connectivity index (χ1v) is 5.31. The lowest BCUT2D eigenvalue weighted by Crippen LogP contribution is -2.26. The van der Waals surface area contributed by atoms with Crippen LogP contribution in [-0.2, 0) is 0 Å². The van der Waals surface area contributed by atoms with Gasteiger partial charge in [-0.25, -0.2) is 0 Å². The molecule has 68 valence electrons. The molecule has 11 heavy (non-hydrogen) atoms. The first-order chi connectivity index (χ1) is 5.35. The molecule has 0 saturated heterocycles. The molecule has 3 heteroatoms. The zero-order valence-electron chi connectivity index (χ0n) is 7.15. The van der Waals surface area contributed by atoms with E-state index < -0.39 is 0 Å². The Morgan fingerprint density at radius 3 is 2.36 bits per heavy atom. The van der Waals surface area contributed by atoms with E-state index in [-0.39, 0.29) is 6.67 Å². The maximum absolute atomic E-state index is 11.8. The van der Waals surface area contributed by atoms with Crippen LogP contribution in [0, 0.1) is 0 Å². The predicted octanol–water partition coefficient (Wildman–Crippen LogP) is 2.45. The van der Waals surface area contributed by atoms with Crippen LogP contribution in [-0.4, -0.2) is 36.5 Å². The smallest absolute Gasteiger partial charge is 0.0906 e. The van der Waals surface area contributed by atoms with Crippen LogP contribution in [0.1, 0.15) is 19.8 Å². The molecular weight excluding hydrogens is 209 g/mol. The van der Waals surface area contributed by atoms with Crippen molar-refractivity contribution < 1.29 is 4.39 Å². The summed E-state index contributed by atoms with van der Waals surface area (Å²) in [5, 5.41) is 1.04. The van der Waals surface area contributed by atoms with Gasteiger partial charge in [-0.1, -0.05) is 22.9 Å². The van der Waals surface area contributed by atoms with Crippen LogP contribution >= 0.6 is 15.9 Å². The SMILES string of the molecule is CCN(CCCF)CCCBr. The van der Waals surface area contributed by atoms with E-state index in [0.717, 1.165) is 31.4 Å². The van der Waals surface area contributed by atoms with E-state index in [2.05, 4.69) is 27.8 Å². The molecule has 1 nitrogen and oxygen atoms in total. The van der Waals surface area contributed by atoms with Crippen molar-refractivity contribution in [3.8, 4) is 0 Å². The van der Waals surface area contributed by atoms with E-state index in [1.54, 1.807) is 0 Å². The minimum absolute atomic E-state index is 0.190.